The summed E-state index contributed by atoms with van der Waals surface area (Å²) < 4.78 is 98.7. The molecule has 0 aromatic heterocycles. The monoisotopic (exact) mass is 1540 g/mol. The van der Waals surface area contributed by atoms with Gasteiger partial charge in [-0.1, -0.05) is 39.5 Å². The number of fused-ring (bicyclic) bond motifs is 4. The predicted octanol–water partition coefficient (Wildman–Crippen LogP) is 14.5. The highest BCUT2D eigenvalue weighted by Crippen LogP contribution is 2.54. The zero-order chi connectivity index (χ0) is 76.9. The first-order chi connectivity index (χ1) is 49.3. The van der Waals surface area contributed by atoms with Crippen molar-refractivity contribution in [3.63, 3.8) is 0 Å². The maximum absolute atomic E-state index is 14.8. The lowest BCUT2D eigenvalue weighted by molar-refractivity contribution is -0.385. The first-order valence-corrected chi connectivity index (χ1v) is 39.0. The molecule has 572 valence electrons. The molecule has 12 atom stereocenters. The number of nitrogens with two attached hydrogens (primary N) is 3. The van der Waals surface area contributed by atoms with Gasteiger partial charge in [0.15, 0.2) is 5.17 Å². The number of carbonyl (C=O) groups excluding carboxylic acids is 3. The number of aliphatic imine (C=N–C) groups is 4. The van der Waals surface area contributed by atoms with Gasteiger partial charge in [0.1, 0.15) is 62.2 Å². The molecule has 31 heteroatoms. The standard InChI is InChI=1S/C20H25FN2O5S.2C20H27FN2O3S.C14H16FN3O3S/c1-5-16-14-10-29-17(9-18(24)28-19(2,3)4)22-20(14,11-27-16)13-8-12(23(25)26)6-7-15(13)21;2*1-5-16-14-10-27-17(9-18(24)26-19(2,3)4)23-20(14,11-25-16)13-8-12(22)6-7-15(13)21;1-2-12-10-6-22-13(16)17-14(10,7-21-12)9-5-8(18(19)20)3-4-11(9)15/h6-8,14,16H,5,9-11H2,1-4H3;2*6-8,14,16H,5,9-11,22H2,1-4H3;3-5,10,12H,2,6-7H2,1H3,(H2,16,17)/t3*14-,16-,20-;10-,12-,14-/m1111/s1. The molecule has 0 bridgehead atoms. The Balaban J connectivity index is 0.000000163. The lowest BCUT2D eigenvalue weighted by atomic mass is 9.78. The fraction of sp³-hybridized carbons (Fsp3) is 0.581. The number of carbonyl (C=O) groups is 3. The van der Waals surface area contributed by atoms with Gasteiger partial charge in [-0.25, -0.2) is 22.6 Å². The van der Waals surface area contributed by atoms with E-state index < -0.39 is 66.4 Å². The van der Waals surface area contributed by atoms with Crippen molar-refractivity contribution in [2.24, 2.45) is 49.4 Å². The van der Waals surface area contributed by atoms with Crippen LogP contribution in [0, 0.1) is 67.2 Å². The van der Waals surface area contributed by atoms with Crippen LogP contribution in [0.15, 0.2) is 92.8 Å². The van der Waals surface area contributed by atoms with E-state index in [1.54, 1.807) is 45.0 Å². The number of nitro groups is 2. The van der Waals surface area contributed by atoms with E-state index in [1.165, 1.54) is 71.3 Å². The number of ether oxygens (including phenoxy) is 7. The maximum atomic E-state index is 14.8. The summed E-state index contributed by atoms with van der Waals surface area (Å²) in [5.74, 6) is -0.289. The number of nitro benzene ring substituents is 2. The van der Waals surface area contributed by atoms with Crippen LogP contribution in [-0.2, 0) is 69.7 Å². The van der Waals surface area contributed by atoms with Gasteiger partial charge in [0.25, 0.3) is 11.4 Å². The molecule has 8 aliphatic heterocycles. The van der Waals surface area contributed by atoms with E-state index in [0.29, 0.717) is 65.8 Å². The van der Waals surface area contributed by atoms with Crippen molar-refractivity contribution in [3.05, 3.63) is 139 Å². The Morgan fingerprint density at radius 2 is 0.705 bits per heavy atom. The number of hydrogen-bond acceptors (Lipinski definition) is 25. The van der Waals surface area contributed by atoms with Gasteiger partial charge in [0.2, 0.25) is 0 Å². The van der Waals surface area contributed by atoms with Crippen LogP contribution in [0.3, 0.4) is 0 Å². The van der Waals surface area contributed by atoms with E-state index >= 15 is 0 Å². The summed E-state index contributed by atoms with van der Waals surface area (Å²) in [5, 5.41) is 24.5. The first-order valence-electron chi connectivity index (χ1n) is 35.1. The summed E-state index contributed by atoms with van der Waals surface area (Å²) in [5.41, 5.74) is 14.1. The molecule has 4 saturated heterocycles. The van der Waals surface area contributed by atoms with Gasteiger partial charge < -0.3 is 50.4 Å². The SMILES string of the molecule is CC[C@H]1OC[C@]2(c3cc(N)ccc3F)N=C(CC(=O)OC(C)(C)C)SC[C@H]12.CC[C@H]1OC[C@]2(c3cc(N)ccc3F)N=C(CC(=O)OC(C)(C)C)SC[C@H]12.CC[C@H]1OC[C@]2(c3cc([N+](=O)[O-])ccc3F)N=C(CC(=O)OC(C)(C)C)SC[C@H]12.CC[C@H]1OC[C@]2(c3cc([N+](=O)[O-])ccc3F)N=C(N)SC[C@H]12. The van der Waals surface area contributed by atoms with Crippen LogP contribution in [0.5, 0.6) is 0 Å². The number of thioether (sulfide) groups is 4. The van der Waals surface area contributed by atoms with Gasteiger partial charge in [0, 0.05) is 105 Å². The molecule has 8 heterocycles. The summed E-state index contributed by atoms with van der Waals surface area (Å²) in [4.78, 5) is 77.0. The van der Waals surface area contributed by atoms with Crippen LogP contribution in [0.4, 0.5) is 40.3 Å². The number of non-ortho nitro benzene ring substituents is 2. The zero-order valence-electron chi connectivity index (χ0n) is 61.4. The minimum absolute atomic E-state index is 0.00478. The van der Waals surface area contributed by atoms with Crippen LogP contribution >= 0.6 is 47.0 Å². The van der Waals surface area contributed by atoms with Crippen molar-refractivity contribution >= 4 is 108 Å². The summed E-state index contributed by atoms with van der Waals surface area (Å²) in [6.45, 7) is 25.3. The third-order valence-corrected chi connectivity index (χ3v) is 23.4. The molecule has 0 unspecified atom stereocenters. The number of esters is 3. The second-order valence-electron chi connectivity index (χ2n) is 30.0. The molecule has 4 fully saturated rings. The molecule has 0 saturated carbocycles. The Hall–Kier alpha value is -6.87. The second-order valence-corrected chi connectivity index (χ2v) is 34.3. The number of benzene rings is 4. The highest BCUT2D eigenvalue weighted by molar-refractivity contribution is 8.14. The molecular weight excluding hydrogens is 1440 g/mol. The van der Waals surface area contributed by atoms with E-state index in [1.807, 2.05) is 55.4 Å². The van der Waals surface area contributed by atoms with Gasteiger partial charge in [0.05, 0.1) is 95.1 Å². The van der Waals surface area contributed by atoms with E-state index in [0.717, 1.165) is 49.9 Å². The molecular formula is C74H95F4N9O14S4. The lowest BCUT2D eigenvalue weighted by Crippen LogP contribution is -2.42. The molecule has 105 heavy (non-hydrogen) atoms. The van der Waals surface area contributed by atoms with Crippen LogP contribution in [-0.4, -0.2) is 139 Å². The summed E-state index contributed by atoms with van der Waals surface area (Å²) >= 11 is 5.91. The summed E-state index contributed by atoms with van der Waals surface area (Å²) in [6, 6.07) is 16.1. The topological polar surface area (TPSA) is 330 Å². The molecule has 0 radical (unpaired) electrons. The minimum Gasteiger partial charge on any atom is -0.460 e. The van der Waals surface area contributed by atoms with Gasteiger partial charge in [-0.3, -0.25) is 49.6 Å². The number of anilines is 2. The Morgan fingerprint density at radius 3 is 0.971 bits per heavy atom. The predicted molar refractivity (Wildman–Crippen MR) is 404 cm³/mol. The van der Waals surface area contributed by atoms with Crippen LogP contribution in [0.25, 0.3) is 0 Å². The molecule has 0 spiro atoms. The highest BCUT2D eigenvalue weighted by atomic mass is 32.2. The normalized spacial score (nSPS) is 28.1. The Bertz CT molecular complexity index is 3920. The molecule has 12 rings (SSSR count). The molecule has 0 amide bonds. The number of amidine groups is 1. The third kappa shape index (κ3) is 18.8. The molecule has 8 aliphatic rings. The van der Waals surface area contributed by atoms with Gasteiger partial charge in [-0.2, -0.15) is 0 Å². The van der Waals surface area contributed by atoms with E-state index in [4.69, 9.17) is 65.3 Å². The van der Waals surface area contributed by atoms with Crippen molar-refractivity contribution in [2.45, 2.75) is 198 Å². The smallest absolute Gasteiger partial charge is 0.312 e. The fourth-order valence-corrected chi connectivity index (χ4v) is 19.6. The third-order valence-electron chi connectivity index (χ3n) is 19.2. The highest BCUT2D eigenvalue weighted by Gasteiger charge is 2.58. The maximum Gasteiger partial charge on any atom is 0.312 e. The molecule has 23 nitrogen and oxygen atoms in total. The number of rotatable bonds is 16. The average Bonchev–Trinajstić information content (AvgIpc) is 1.66. The number of halogens is 4. The van der Waals surface area contributed by atoms with Crippen LogP contribution in [0.1, 0.15) is 157 Å². The Kier molecular flexibility index (Phi) is 26.1. The van der Waals surface area contributed by atoms with E-state index in [-0.39, 0.29) is 140 Å². The van der Waals surface area contributed by atoms with Crippen molar-refractivity contribution in [1.82, 2.24) is 0 Å². The second kappa shape index (κ2) is 33.3. The van der Waals surface area contributed by atoms with Crippen molar-refractivity contribution in [2.75, 3.05) is 60.9 Å². The number of nitrogens with zero attached hydrogens (tertiary/aromatic N) is 6. The molecule has 0 aliphatic carbocycles. The van der Waals surface area contributed by atoms with Crippen LogP contribution in [0.2, 0.25) is 0 Å². The number of hydrogen-bond donors (Lipinski definition) is 3. The Morgan fingerprint density at radius 1 is 0.448 bits per heavy atom. The Labute approximate surface area is 626 Å². The first kappa shape index (κ1) is 82.2. The molecule has 4 aromatic rings. The average molecular weight is 1540 g/mol. The van der Waals surface area contributed by atoms with Crippen LogP contribution < -0.4 is 17.2 Å². The lowest BCUT2D eigenvalue weighted by Gasteiger charge is -2.37. The minimum atomic E-state index is -1.08. The van der Waals surface area contributed by atoms with Crippen molar-refractivity contribution in [3.8, 4) is 0 Å². The largest absolute Gasteiger partial charge is 0.460 e. The quantitative estimate of drug-likeness (QED) is 0.0234. The molecule has 4 aromatic carbocycles. The van der Waals surface area contributed by atoms with Gasteiger partial charge in [-0.05, 0) is 137 Å². The van der Waals surface area contributed by atoms with E-state index in [2.05, 4.69) is 18.8 Å². The van der Waals surface area contributed by atoms with Crippen molar-refractivity contribution in [1.29, 1.82) is 0 Å². The van der Waals surface area contributed by atoms with Gasteiger partial charge >= 0.3 is 17.9 Å². The van der Waals surface area contributed by atoms with Gasteiger partial charge in [-0.15, -0.1) is 35.3 Å². The van der Waals surface area contributed by atoms with Crippen molar-refractivity contribution < 1.29 is 74.9 Å². The summed E-state index contributed by atoms with van der Waals surface area (Å²) in [7, 11) is 0. The van der Waals surface area contributed by atoms with E-state index in [9.17, 15) is 52.2 Å². The fourth-order valence-electron chi connectivity index (χ4n) is 14.6. The molecule has 6 N–H and O–H groups in total. The summed E-state index contributed by atoms with van der Waals surface area (Å²) in [6.07, 6.45) is 3.12. The number of nitrogen functional groups attached to an aromatic ring is 2. The zero-order valence-corrected chi connectivity index (χ0v) is 64.7.